The predicted octanol–water partition coefficient (Wildman–Crippen LogP) is 2.83. The van der Waals surface area contributed by atoms with E-state index in [1.807, 2.05) is 6.07 Å². The quantitative estimate of drug-likeness (QED) is 0.856. The van der Waals surface area contributed by atoms with Gasteiger partial charge in [0.15, 0.2) is 0 Å². The number of nitriles is 1. The molecule has 0 amide bonds. The van der Waals surface area contributed by atoms with Gasteiger partial charge in [-0.2, -0.15) is 5.26 Å². The summed E-state index contributed by atoms with van der Waals surface area (Å²) in [5.74, 6) is -0.182. The van der Waals surface area contributed by atoms with Crippen LogP contribution in [0, 0.1) is 23.1 Å². The van der Waals surface area contributed by atoms with Crippen LogP contribution in [0.1, 0.15) is 37.7 Å². The molecule has 1 aliphatic heterocycles. The van der Waals surface area contributed by atoms with Gasteiger partial charge < -0.3 is 10.0 Å². The third kappa shape index (κ3) is 2.27. The largest absolute Gasteiger partial charge is 0.389 e. The second-order valence-corrected chi connectivity index (χ2v) is 6.02. The standard InChI is InChI=1S/C16H19FN2O/c17-15-9-14(5-4-12(15)10-18)19-8-7-16(20)6-2-1-3-13(16)11-19/h4-5,9,13,20H,1-3,6-8,11H2. The van der Waals surface area contributed by atoms with Crippen LogP contribution in [-0.2, 0) is 0 Å². The molecule has 3 rings (SSSR count). The van der Waals surface area contributed by atoms with Crippen LogP contribution in [0.25, 0.3) is 0 Å². The zero-order valence-corrected chi connectivity index (χ0v) is 11.5. The first kappa shape index (κ1) is 13.4. The molecule has 1 heterocycles. The van der Waals surface area contributed by atoms with E-state index in [0.29, 0.717) is 0 Å². The van der Waals surface area contributed by atoms with Crippen LogP contribution in [0.4, 0.5) is 10.1 Å². The molecule has 2 unspecified atom stereocenters. The normalized spacial score (nSPS) is 29.6. The maximum absolute atomic E-state index is 13.7. The SMILES string of the molecule is N#Cc1ccc(N2CCC3(O)CCCCC3C2)cc1F. The first-order chi connectivity index (χ1) is 9.62. The molecule has 106 valence electrons. The third-order valence-corrected chi connectivity index (χ3v) is 4.87. The Kier molecular flexibility index (Phi) is 3.39. The van der Waals surface area contributed by atoms with Crippen molar-refractivity contribution >= 4 is 5.69 Å². The Morgan fingerprint density at radius 2 is 2.20 bits per heavy atom. The molecule has 1 aromatic rings. The van der Waals surface area contributed by atoms with Gasteiger partial charge in [-0.3, -0.25) is 0 Å². The minimum absolute atomic E-state index is 0.0833. The third-order valence-electron chi connectivity index (χ3n) is 4.87. The Hall–Kier alpha value is -1.60. The van der Waals surface area contributed by atoms with Crippen molar-refractivity contribution in [3.05, 3.63) is 29.6 Å². The molecule has 1 aromatic carbocycles. The molecule has 0 aromatic heterocycles. The van der Waals surface area contributed by atoms with E-state index >= 15 is 0 Å². The first-order valence-electron chi connectivity index (χ1n) is 7.29. The Bertz CT molecular complexity index is 554. The average molecular weight is 274 g/mol. The molecular formula is C16H19FN2O. The molecule has 1 saturated carbocycles. The number of benzene rings is 1. The number of anilines is 1. The van der Waals surface area contributed by atoms with Crippen molar-refractivity contribution in [3.63, 3.8) is 0 Å². The van der Waals surface area contributed by atoms with Crippen molar-refractivity contribution < 1.29 is 9.50 Å². The van der Waals surface area contributed by atoms with Gasteiger partial charge in [-0.1, -0.05) is 12.8 Å². The second-order valence-electron chi connectivity index (χ2n) is 6.02. The van der Waals surface area contributed by atoms with Crippen LogP contribution in [0.3, 0.4) is 0 Å². The van der Waals surface area contributed by atoms with Crippen LogP contribution >= 0.6 is 0 Å². The minimum atomic E-state index is -0.514. The topological polar surface area (TPSA) is 47.3 Å². The fourth-order valence-corrected chi connectivity index (χ4v) is 3.60. The van der Waals surface area contributed by atoms with E-state index in [0.717, 1.165) is 44.5 Å². The van der Waals surface area contributed by atoms with Gasteiger partial charge in [-0.05, 0) is 37.5 Å². The van der Waals surface area contributed by atoms with Gasteiger partial charge >= 0.3 is 0 Å². The van der Waals surface area contributed by atoms with Gasteiger partial charge in [0.05, 0.1) is 11.2 Å². The number of rotatable bonds is 1. The average Bonchev–Trinajstić information content (AvgIpc) is 2.46. The number of nitrogens with zero attached hydrogens (tertiary/aromatic N) is 2. The number of aliphatic hydroxyl groups is 1. The van der Waals surface area contributed by atoms with E-state index in [1.54, 1.807) is 6.07 Å². The molecule has 1 aliphatic carbocycles. The van der Waals surface area contributed by atoms with Crippen LogP contribution in [0.15, 0.2) is 18.2 Å². The number of hydrogen-bond acceptors (Lipinski definition) is 3. The summed E-state index contributed by atoms with van der Waals surface area (Å²) in [5.41, 5.74) is 0.383. The smallest absolute Gasteiger partial charge is 0.143 e. The highest BCUT2D eigenvalue weighted by molar-refractivity contribution is 5.51. The van der Waals surface area contributed by atoms with Crippen molar-refractivity contribution in [1.82, 2.24) is 0 Å². The summed E-state index contributed by atoms with van der Waals surface area (Å²) in [6.45, 7) is 1.53. The summed E-state index contributed by atoms with van der Waals surface area (Å²) in [7, 11) is 0. The molecule has 4 heteroatoms. The summed E-state index contributed by atoms with van der Waals surface area (Å²) in [6, 6.07) is 6.61. The van der Waals surface area contributed by atoms with E-state index in [2.05, 4.69) is 4.90 Å². The summed E-state index contributed by atoms with van der Waals surface area (Å²) in [4.78, 5) is 2.13. The van der Waals surface area contributed by atoms with Crippen molar-refractivity contribution in [1.29, 1.82) is 5.26 Å². The van der Waals surface area contributed by atoms with Crippen LogP contribution < -0.4 is 4.90 Å². The van der Waals surface area contributed by atoms with Gasteiger partial charge in [0, 0.05) is 24.7 Å². The Morgan fingerprint density at radius 3 is 2.95 bits per heavy atom. The molecule has 2 aliphatic rings. The van der Waals surface area contributed by atoms with E-state index in [-0.39, 0.29) is 11.5 Å². The van der Waals surface area contributed by atoms with E-state index < -0.39 is 11.4 Å². The van der Waals surface area contributed by atoms with Crippen molar-refractivity contribution in [3.8, 4) is 6.07 Å². The lowest BCUT2D eigenvalue weighted by Crippen LogP contribution is -2.53. The van der Waals surface area contributed by atoms with E-state index in [9.17, 15) is 9.50 Å². The lowest BCUT2D eigenvalue weighted by Gasteiger charge is -2.48. The lowest BCUT2D eigenvalue weighted by atomic mass is 9.71. The van der Waals surface area contributed by atoms with Gasteiger partial charge in [-0.25, -0.2) is 4.39 Å². The molecule has 0 spiro atoms. The summed E-state index contributed by atoms with van der Waals surface area (Å²) in [5, 5.41) is 19.4. The summed E-state index contributed by atoms with van der Waals surface area (Å²) >= 11 is 0. The van der Waals surface area contributed by atoms with Gasteiger partial charge in [-0.15, -0.1) is 0 Å². The number of fused-ring (bicyclic) bond motifs is 1. The maximum Gasteiger partial charge on any atom is 0.143 e. The molecule has 3 nitrogen and oxygen atoms in total. The molecule has 1 N–H and O–H groups in total. The fraction of sp³-hybridized carbons (Fsp3) is 0.562. The van der Waals surface area contributed by atoms with Gasteiger partial charge in [0.25, 0.3) is 0 Å². The highest BCUT2D eigenvalue weighted by atomic mass is 19.1. The molecule has 1 saturated heterocycles. The molecule has 0 bridgehead atoms. The monoisotopic (exact) mass is 274 g/mol. The van der Waals surface area contributed by atoms with Crippen molar-refractivity contribution in [2.24, 2.45) is 5.92 Å². The van der Waals surface area contributed by atoms with Crippen LogP contribution in [0.5, 0.6) is 0 Å². The molecule has 2 fully saturated rings. The number of halogens is 1. The lowest BCUT2D eigenvalue weighted by molar-refractivity contribution is -0.0612. The van der Waals surface area contributed by atoms with E-state index in [1.165, 1.54) is 18.6 Å². The molecular weight excluding hydrogens is 255 g/mol. The van der Waals surface area contributed by atoms with Gasteiger partial charge in [0.1, 0.15) is 11.9 Å². The second kappa shape index (κ2) is 5.06. The highest BCUT2D eigenvalue weighted by Crippen LogP contribution is 2.40. The predicted molar refractivity (Wildman–Crippen MR) is 74.9 cm³/mol. The zero-order chi connectivity index (χ0) is 14.2. The number of hydrogen-bond donors (Lipinski definition) is 1. The summed E-state index contributed by atoms with van der Waals surface area (Å²) < 4.78 is 13.7. The van der Waals surface area contributed by atoms with E-state index in [4.69, 9.17) is 5.26 Å². The maximum atomic E-state index is 13.7. The Morgan fingerprint density at radius 1 is 1.35 bits per heavy atom. The fourth-order valence-electron chi connectivity index (χ4n) is 3.60. The van der Waals surface area contributed by atoms with Crippen molar-refractivity contribution in [2.75, 3.05) is 18.0 Å². The molecule has 20 heavy (non-hydrogen) atoms. The molecule has 0 radical (unpaired) electrons. The van der Waals surface area contributed by atoms with Crippen molar-refractivity contribution in [2.45, 2.75) is 37.7 Å². The Balaban J connectivity index is 1.79. The Labute approximate surface area is 118 Å². The first-order valence-corrected chi connectivity index (χ1v) is 7.29. The summed E-state index contributed by atoms with van der Waals surface area (Å²) in [6.07, 6.45) is 4.97. The van der Waals surface area contributed by atoms with Crippen LogP contribution in [-0.4, -0.2) is 23.8 Å². The minimum Gasteiger partial charge on any atom is -0.389 e. The number of piperidine rings is 1. The highest BCUT2D eigenvalue weighted by Gasteiger charge is 2.42. The van der Waals surface area contributed by atoms with Crippen LogP contribution in [0.2, 0.25) is 0 Å². The molecule has 2 atom stereocenters. The zero-order valence-electron chi connectivity index (χ0n) is 11.5. The van der Waals surface area contributed by atoms with Gasteiger partial charge in [0.2, 0.25) is 0 Å².